The van der Waals surface area contributed by atoms with E-state index in [2.05, 4.69) is 24.2 Å². The largest absolute Gasteiger partial charge is 0.393 e. The topological polar surface area (TPSA) is 71.2 Å². The lowest BCUT2D eigenvalue weighted by Gasteiger charge is -2.45. The van der Waals surface area contributed by atoms with Gasteiger partial charge in [0, 0.05) is 6.54 Å². The van der Waals surface area contributed by atoms with Crippen molar-refractivity contribution in [2.75, 3.05) is 0 Å². The van der Waals surface area contributed by atoms with E-state index >= 15 is 0 Å². The van der Waals surface area contributed by atoms with Gasteiger partial charge in [0.2, 0.25) is 0 Å². The van der Waals surface area contributed by atoms with Gasteiger partial charge in [-0.05, 0) is 62.7 Å². The van der Waals surface area contributed by atoms with Crippen LogP contribution in [0.4, 0.5) is 0 Å². The minimum Gasteiger partial charge on any atom is -0.393 e. The Morgan fingerprint density at radius 1 is 1.39 bits per heavy atom. The molecule has 3 rings (SSSR count). The lowest BCUT2D eigenvalue weighted by atomic mass is 9.62. The van der Waals surface area contributed by atoms with Gasteiger partial charge < -0.3 is 10.2 Å². The molecule has 0 spiro atoms. The van der Waals surface area contributed by atoms with Gasteiger partial charge in [0.1, 0.15) is 11.3 Å². The average molecular weight is 321 g/mol. The van der Waals surface area contributed by atoms with E-state index in [0.717, 1.165) is 25.8 Å². The molecule has 130 valence electrons. The fraction of sp³-hybridized carbons (Fsp3) is 0.889. The van der Waals surface area contributed by atoms with Crippen LogP contribution in [-0.4, -0.2) is 31.3 Å². The number of fused-ring (bicyclic) bond motifs is 1. The standard InChI is InChI=1S/C18H31N3O2/c1-12(10-21-11-16(19-20-21)17(2,3)23)13-7-8-14-15(22)6-5-9-18(13,14)4/h11-15,22-23H,5-10H2,1-4H3/t12-,13?,14?,15+,18-/m1/s1. The number of aromatic nitrogens is 3. The molecule has 5 heteroatoms. The van der Waals surface area contributed by atoms with Crippen LogP contribution in [-0.2, 0) is 12.1 Å². The van der Waals surface area contributed by atoms with E-state index in [-0.39, 0.29) is 11.5 Å². The molecule has 1 aromatic rings. The Bertz CT molecular complexity index is 551. The third-order valence-electron chi connectivity index (χ3n) is 6.49. The summed E-state index contributed by atoms with van der Waals surface area (Å²) in [7, 11) is 0. The maximum Gasteiger partial charge on any atom is 0.114 e. The summed E-state index contributed by atoms with van der Waals surface area (Å²) in [4.78, 5) is 0. The summed E-state index contributed by atoms with van der Waals surface area (Å²) in [5, 5.41) is 28.7. The van der Waals surface area contributed by atoms with Crippen LogP contribution in [0.25, 0.3) is 0 Å². The number of aliphatic hydroxyl groups is 2. The van der Waals surface area contributed by atoms with Crippen LogP contribution >= 0.6 is 0 Å². The first-order chi connectivity index (χ1) is 10.7. The molecule has 0 amide bonds. The molecule has 2 N–H and O–H groups in total. The highest BCUT2D eigenvalue weighted by atomic mass is 16.3. The predicted octanol–water partition coefficient (Wildman–Crippen LogP) is 2.72. The van der Waals surface area contributed by atoms with E-state index in [1.165, 1.54) is 12.8 Å². The van der Waals surface area contributed by atoms with Gasteiger partial charge in [-0.1, -0.05) is 25.5 Å². The van der Waals surface area contributed by atoms with E-state index in [1.807, 2.05) is 10.9 Å². The molecule has 2 unspecified atom stereocenters. The van der Waals surface area contributed by atoms with Gasteiger partial charge in [-0.2, -0.15) is 0 Å². The SMILES string of the molecule is C[C@H](Cn1cc(C(C)(C)O)nn1)C1CCC2[C@@H](O)CCC[C@]12C. The average Bonchev–Trinajstić information content (AvgIpc) is 3.03. The smallest absolute Gasteiger partial charge is 0.114 e. The van der Waals surface area contributed by atoms with Crippen molar-refractivity contribution >= 4 is 0 Å². The molecule has 5 nitrogen and oxygen atoms in total. The van der Waals surface area contributed by atoms with Crippen molar-refractivity contribution in [3.8, 4) is 0 Å². The van der Waals surface area contributed by atoms with Crippen molar-refractivity contribution in [2.45, 2.75) is 78.0 Å². The van der Waals surface area contributed by atoms with Crippen LogP contribution < -0.4 is 0 Å². The molecule has 2 fully saturated rings. The zero-order valence-corrected chi connectivity index (χ0v) is 14.9. The molecule has 0 aliphatic heterocycles. The Balaban J connectivity index is 1.71. The number of rotatable bonds is 4. The second-order valence-corrected chi connectivity index (χ2v) is 8.62. The summed E-state index contributed by atoms with van der Waals surface area (Å²) < 4.78 is 1.87. The second kappa shape index (κ2) is 5.85. The van der Waals surface area contributed by atoms with E-state index in [1.54, 1.807) is 13.8 Å². The van der Waals surface area contributed by atoms with Crippen LogP contribution in [0.2, 0.25) is 0 Å². The minimum atomic E-state index is -0.945. The first-order valence-corrected chi connectivity index (χ1v) is 9.03. The monoisotopic (exact) mass is 321 g/mol. The van der Waals surface area contributed by atoms with Crippen molar-refractivity contribution in [1.82, 2.24) is 15.0 Å². The third kappa shape index (κ3) is 3.05. The quantitative estimate of drug-likeness (QED) is 0.894. The van der Waals surface area contributed by atoms with Gasteiger partial charge in [0.25, 0.3) is 0 Å². The molecule has 0 aromatic carbocycles. The molecular formula is C18H31N3O2. The van der Waals surface area contributed by atoms with Gasteiger partial charge in [-0.25, -0.2) is 0 Å². The summed E-state index contributed by atoms with van der Waals surface area (Å²) in [5.74, 6) is 1.58. The predicted molar refractivity (Wildman–Crippen MR) is 88.6 cm³/mol. The van der Waals surface area contributed by atoms with Crippen LogP contribution in [0.15, 0.2) is 6.20 Å². The van der Waals surface area contributed by atoms with Gasteiger partial charge in [0.15, 0.2) is 0 Å². The molecule has 2 aliphatic rings. The highest BCUT2D eigenvalue weighted by Crippen LogP contribution is 2.57. The van der Waals surface area contributed by atoms with E-state index in [4.69, 9.17) is 0 Å². The van der Waals surface area contributed by atoms with E-state index < -0.39 is 5.60 Å². The molecule has 2 saturated carbocycles. The number of hydrogen-bond donors (Lipinski definition) is 2. The molecule has 0 saturated heterocycles. The van der Waals surface area contributed by atoms with E-state index in [0.29, 0.717) is 23.4 Å². The van der Waals surface area contributed by atoms with Crippen LogP contribution in [0.5, 0.6) is 0 Å². The maximum atomic E-state index is 10.4. The molecule has 1 heterocycles. The zero-order valence-electron chi connectivity index (χ0n) is 14.9. The fourth-order valence-corrected chi connectivity index (χ4v) is 5.21. The lowest BCUT2D eigenvalue weighted by Crippen LogP contribution is -2.42. The summed E-state index contributed by atoms with van der Waals surface area (Å²) >= 11 is 0. The second-order valence-electron chi connectivity index (χ2n) is 8.62. The summed E-state index contributed by atoms with van der Waals surface area (Å²) in [6.07, 6.45) is 7.45. The first-order valence-electron chi connectivity index (χ1n) is 9.03. The van der Waals surface area contributed by atoms with Crippen molar-refractivity contribution in [1.29, 1.82) is 0 Å². The Kier molecular flexibility index (Phi) is 4.30. The number of nitrogens with zero attached hydrogens (tertiary/aromatic N) is 3. The lowest BCUT2D eigenvalue weighted by molar-refractivity contribution is -0.0287. The van der Waals surface area contributed by atoms with Gasteiger partial charge in [0.05, 0.1) is 12.3 Å². The molecule has 2 aliphatic carbocycles. The van der Waals surface area contributed by atoms with E-state index in [9.17, 15) is 10.2 Å². The number of aliphatic hydroxyl groups excluding tert-OH is 1. The van der Waals surface area contributed by atoms with Crippen molar-refractivity contribution in [2.24, 2.45) is 23.2 Å². The molecule has 23 heavy (non-hydrogen) atoms. The molecule has 5 atom stereocenters. The first kappa shape index (κ1) is 16.9. The molecule has 0 radical (unpaired) electrons. The zero-order chi connectivity index (χ0) is 16.8. The third-order valence-corrected chi connectivity index (χ3v) is 6.49. The highest BCUT2D eigenvalue weighted by molar-refractivity contribution is 5.04. The fourth-order valence-electron chi connectivity index (χ4n) is 5.21. The van der Waals surface area contributed by atoms with Crippen molar-refractivity contribution in [3.63, 3.8) is 0 Å². The van der Waals surface area contributed by atoms with Crippen LogP contribution in [0.3, 0.4) is 0 Å². The summed E-state index contributed by atoms with van der Waals surface area (Å²) in [5.41, 5.74) is -0.0656. The van der Waals surface area contributed by atoms with Gasteiger partial charge in [-0.15, -0.1) is 5.10 Å². The normalized spacial score (nSPS) is 36.0. The minimum absolute atomic E-state index is 0.112. The van der Waals surface area contributed by atoms with Crippen molar-refractivity contribution in [3.05, 3.63) is 11.9 Å². The maximum absolute atomic E-state index is 10.4. The van der Waals surface area contributed by atoms with Crippen molar-refractivity contribution < 1.29 is 10.2 Å². The molecular weight excluding hydrogens is 290 g/mol. The Labute approximate surface area is 139 Å². The highest BCUT2D eigenvalue weighted by Gasteiger charge is 2.52. The van der Waals surface area contributed by atoms with Gasteiger partial charge >= 0.3 is 0 Å². The van der Waals surface area contributed by atoms with Gasteiger partial charge in [-0.3, -0.25) is 4.68 Å². The Hall–Kier alpha value is -0.940. The Morgan fingerprint density at radius 2 is 2.13 bits per heavy atom. The van der Waals surface area contributed by atoms with Crippen LogP contribution in [0, 0.1) is 23.2 Å². The molecule has 1 aromatic heterocycles. The summed E-state index contributed by atoms with van der Waals surface area (Å²) in [6.45, 7) is 8.97. The Morgan fingerprint density at radius 3 is 2.78 bits per heavy atom. The number of hydrogen-bond acceptors (Lipinski definition) is 4. The summed E-state index contributed by atoms with van der Waals surface area (Å²) in [6, 6.07) is 0. The molecule has 0 bridgehead atoms. The van der Waals surface area contributed by atoms with Crippen LogP contribution in [0.1, 0.15) is 65.5 Å².